The molecule has 0 radical (unpaired) electrons. The van der Waals surface area contributed by atoms with E-state index in [2.05, 4.69) is 15.3 Å². The molecule has 0 unspecified atom stereocenters. The normalized spacial score (nSPS) is 10.6. The highest BCUT2D eigenvalue weighted by Crippen LogP contribution is 2.30. The van der Waals surface area contributed by atoms with Gasteiger partial charge in [-0.15, -0.1) is 11.3 Å². The van der Waals surface area contributed by atoms with Crippen LogP contribution in [0.2, 0.25) is 5.02 Å². The van der Waals surface area contributed by atoms with Crippen molar-refractivity contribution in [2.24, 2.45) is 0 Å². The molecule has 2 heterocycles. The van der Waals surface area contributed by atoms with Gasteiger partial charge < -0.3 is 10.1 Å². The molecule has 2 aromatic carbocycles. The Kier molecular flexibility index (Phi) is 6.07. The highest BCUT2D eigenvalue weighted by atomic mass is 35.5. The van der Waals surface area contributed by atoms with Crippen LogP contribution in [0.25, 0.3) is 10.6 Å². The van der Waals surface area contributed by atoms with Crippen molar-refractivity contribution in [3.05, 3.63) is 88.7 Å². The van der Waals surface area contributed by atoms with Crippen LogP contribution in [-0.2, 0) is 11.2 Å². The maximum Gasteiger partial charge on any atom is 0.230 e. The van der Waals surface area contributed by atoms with E-state index in [1.807, 2.05) is 66.9 Å². The quantitative estimate of drug-likeness (QED) is 0.395. The molecule has 1 N–H and O–H groups in total. The summed E-state index contributed by atoms with van der Waals surface area (Å²) < 4.78 is 5.82. The van der Waals surface area contributed by atoms with Crippen LogP contribution in [-0.4, -0.2) is 15.9 Å². The zero-order valence-electron chi connectivity index (χ0n) is 16.1. The lowest BCUT2D eigenvalue weighted by Crippen LogP contribution is -2.14. The Morgan fingerprint density at radius 2 is 2.03 bits per heavy atom. The zero-order valence-corrected chi connectivity index (χ0v) is 17.7. The van der Waals surface area contributed by atoms with E-state index < -0.39 is 0 Å². The predicted molar refractivity (Wildman–Crippen MR) is 120 cm³/mol. The fraction of sp³-hybridized carbons (Fsp3) is 0.0870. The number of carbonyl (C=O) groups is 1. The van der Waals surface area contributed by atoms with Gasteiger partial charge in [0.25, 0.3) is 0 Å². The smallest absolute Gasteiger partial charge is 0.230 e. The van der Waals surface area contributed by atoms with Crippen LogP contribution < -0.4 is 10.1 Å². The number of pyridine rings is 1. The van der Waals surface area contributed by atoms with Crippen LogP contribution in [0.4, 0.5) is 5.69 Å². The highest BCUT2D eigenvalue weighted by Gasteiger charge is 2.12. The summed E-state index contributed by atoms with van der Waals surface area (Å²) in [6.45, 7) is 1.93. The molecule has 150 valence electrons. The number of hydrogen-bond donors (Lipinski definition) is 1. The number of halogens is 1. The monoisotopic (exact) mass is 435 g/mol. The number of ether oxygens (including phenoxy) is 1. The molecule has 7 heteroatoms. The molecule has 0 atom stereocenters. The third-order valence-electron chi connectivity index (χ3n) is 4.32. The van der Waals surface area contributed by atoms with Gasteiger partial charge in [0, 0.05) is 22.8 Å². The van der Waals surface area contributed by atoms with Crippen molar-refractivity contribution < 1.29 is 9.53 Å². The Balaban J connectivity index is 1.40. The number of aryl methyl sites for hydroxylation is 1. The van der Waals surface area contributed by atoms with Crippen LogP contribution in [0.15, 0.2) is 72.4 Å². The maximum absolute atomic E-state index is 12.5. The third-order valence-corrected chi connectivity index (χ3v) is 5.57. The molecule has 0 aliphatic carbocycles. The molecule has 0 fully saturated rings. The van der Waals surface area contributed by atoms with Crippen molar-refractivity contribution in [3.63, 3.8) is 0 Å². The second kappa shape index (κ2) is 9.07. The molecule has 5 nitrogen and oxygen atoms in total. The molecule has 4 rings (SSSR count). The summed E-state index contributed by atoms with van der Waals surface area (Å²) in [7, 11) is 0. The van der Waals surface area contributed by atoms with Crippen LogP contribution in [0, 0.1) is 6.92 Å². The molecule has 0 spiro atoms. The number of carbonyl (C=O) groups excluding carboxylic acids is 1. The number of amides is 1. The summed E-state index contributed by atoms with van der Waals surface area (Å²) in [5.41, 5.74) is 3.19. The molecular weight excluding hydrogens is 418 g/mol. The fourth-order valence-electron chi connectivity index (χ4n) is 2.89. The SMILES string of the molecule is Cc1cc(NC(=O)Cc2csc(-c3ccccc3Cl)n2)ccc1Oc1cccnc1. The predicted octanol–water partition coefficient (Wildman–Crippen LogP) is 6.14. The van der Waals surface area contributed by atoms with Gasteiger partial charge in [0.15, 0.2) is 0 Å². The maximum atomic E-state index is 12.5. The number of hydrogen-bond acceptors (Lipinski definition) is 5. The molecule has 2 aromatic heterocycles. The minimum Gasteiger partial charge on any atom is -0.455 e. The topological polar surface area (TPSA) is 64.1 Å². The van der Waals surface area contributed by atoms with E-state index in [0.717, 1.165) is 16.1 Å². The van der Waals surface area contributed by atoms with E-state index in [0.29, 0.717) is 27.9 Å². The highest BCUT2D eigenvalue weighted by molar-refractivity contribution is 7.13. The van der Waals surface area contributed by atoms with E-state index in [1.165, 1.54) is 11.3 Å². The molecule has 1 amide bonds. The van der Waals surface area contributed by atoms with Gasteiger partial charge in [-0.05, 0) is 48.9 Å². The summed E-state index contributed by atoms with van der Waals surface area (Å²) in [6.07, 6.45) is 3.53. The summed E-state index contributed by atoms with van der Waals surface area (Å²) in [4.78, 5) is 21.1. The Bertz CT molecular complexity index is 1180. The van der Waals surface area contributed by atoms with E-state index in [4.69, 9.17) is 16.3 Å². The molecule has 0 bridgehead atoms. The van der Waals surface area contributed by atoms with E-state index in [1.54, 1.807) is 12.4 Å². The summed E-state index contributed by atoms with van der Waals surface area (Å²) in [5.74, 6) is 1.24. The number of anilines is 1. The number of thiazole rings is 1. The minimum atomic E-state index is -0.133. The summed E-state index contributed by atoms with van der Waals surface area (Å²) in [6, 6.07) is 16.7. The first kappa shape index (κ1) is 20.1. The van der Waals surface area contributed by atoms with Gasteiger partial charge >= 0.3 is 0 Å². The number of nitrogens with one attached hydrogen (secondary N) is 1. The molecular formula is C23H18ClN3O2S. The number of aromatic nitrogens is 2. The Morgan fingerprint density at radius 1 is 1.17 bits per heavy atom. The lowest BCUT2D eigenvalue weighted by Gasteiger charge is -2.11. The van der Waals surface area contributed by atoms with Gasteiger partial charge in [-0.3, -0.25) is 9.78 Å². The van der Waals surface area contributed by atoms with Gasteiger partial charge in [0.1, 0.15) is 16.5 Å². The van der Waals surface area contributed by atoms with Crippen molar-refractivity contribution in [1.82, 2.24) is 9.97 Å². The second-order valence-electron chi connectivity index (χ2n) is 6.62. The molecule has 4 aromatic rings. The largest absolute Gasteiger partial charge is 0.455 e. The summed E-state index contributed by atoms with van der Waals surface area (Å²) >= 11 is 7.71. The lowest BCUT2D eigenvalue weighted by molar-refractivity contribution is -0.115. The first-order valence-corrected chi connectivity index (χ1v) is 10.5. The van der Waals surface area contributed by atoms with Crippen molar-refractivity contribution in [2.45, 2.75) is 13.3 Å². The van der Waals surface area contributed by atoms with Crippen LogP contribution >= 0.6 is 22.9 Å². The second-order valence-corrected chi connectivity index (χ2v) is 7.89. The van der Waals surface area contributed by atoms with Crippen LogP contribution in [0.3, 0.4) is 0 Å². The first-order chi connectivity index (χ1) is 14.6. The number of rotatable bonds is 6. The Hall–Kier alpha value is -3.22. The lowest BCUT2D eigenvalue weighted by atomic mass is 10.2. The van der Waals surface area contributed by atoms with Gasteiger partial charge in [-0.2, -0.15) is 0 Å². The van der Waals surface area contributed by atoms with Crippen molar-refractivity contribution >= 4 is 34.5 Å². The molecule has 30 heavy (non-hydrogen) atoms. The number of benzene rings is 2. The third kappa shape index (κ3) is 4.84. The fourth-order valence-corrected chi connectivity index (χ4v) is 4.03. The standard InChI is InChI=1S/C23H18ClN3O2S/c1-15-11-16(8-9-21(15)29-18-5-4-10-25-13-18)26-22(28)12-17-14-30-23(27-17)19-6-2-3-7-20(19)24/h2-11,13-14H,12H2,1H3,(H,26,28). The van der Waals surface area contributed by atoms with Crippen molar-refractivity contribution in [3.8, 4) is 22.1 Å². The van der Waals surface area contributed by atoms with E-state index in [9.17, 15) is 4.79 Å². The zero-order chi connectivity index (χ0) is 20.9. The summed E-state index contributed by atoms with van der Waals surface area (Å²) in [5, 5.41) is 6.24. The minimum absolute atomic E-state index is 0.133. The van der Waals surface area contributed by atoms with E-state index >= 15 is 0 Å². The Labute approximate surface area is 183 Å². The van der Waals surface area contributed by atoms with Gasteiger partial charge in [-0.25, -0.2) is 4.98 Å². The Morgan fingerprint density at radius 3 is 2.80 bits per heavy atom. The first-order valence-electron chi connectivity index (χ1n) is 9.26. The van der Waals surface area contributed by atoms with Crippen molar-refractivity contribution in [2.75, 3.05) is 5.32 Å². The molecule has 0 saturated carbocycles. The van der Waals surface area contributed by atoms with Gasteiger partial charge in [0.2, 0.25) is 5.91 Å². The van der Waals surface area contributed by atoms with E-state index in [-0.39, 0.29) is 12.3 Å². The average molecular weight is 436 g/mol. The van der Waals surface area contributed by atoms with Crippen LogP contribution in [0.1, 0.15) is 11.3 Å². The number of nitrogens with zero attached hydrogens (tertiary/aromatic N) is 2. The van der Waals surface area contributed by atoms with Crippen molar-refractivity contribution in [1.29, 1.82) is 0 Å². The van der Waals surface area contributed by atoms with Crippen LogP contribution in [0.5, 0.6) is 11.5 Å². The van der Waals surface area contributed by atoms with Gasteiger partial charge in [-0.1, -0.05) is 29.8 Å². The molecule has 0 saturated heterocycles. The van der Waals surface area contributed by atoms with Gasteiger partial charge in [0.05, 0.1) is 23.3 Å². The average Bonchev–Trinajstić information content (AvgIpc) is 3.19. The molecule has 0 aliphatic rings. The molecule has 0 aliphatic heterocycles.